The van der Waals surface area contributed by atoms with Gasteiger partial charge in [-0.1, -0.05) is 17.7 Å². The van der Waals surface area contributed by atoms with Gasteiger partial charge in [0.15, 0.2) is 4.90 Å². The maximum Gasteiger partial charge on any atom is 0.328 e. The highest BCUT2D eigenvalue weighted by Crippen LogP contribution is 2.15. The summed E-state index contributed by atoms with van der Waals surface area (Å²) < 4.78 is 36.9. The van der Waals surface area contributed by atoms with Gasteiger partial charge in [-0.25, -0.2) is 17.6 Å². The van der Waals surface area contributed by atoms with Crippen molar-refractivity contribution in [1.29, 1.82) is 0 Å². The lowest BCUT2D eigenvalue weighted by Crippen LogP contribution is -2.32. The Labute approximate surface area is 127 Å². The third kappa shape index (κ3) is 3.52. The van der Waals surface area contributed by atoms with Crippen molar-refractivity contribution in [3.05, 3.63) is 61.6 Å². The number of hydrogen-bond donors (Lipinski definition) is 1. The molecular weight excluding hydrogens is 346 g/mol. The summed E-state index contributed by atoms with van der Waals surface area (Å²) in [7, 11) is 0.761. The first kappa shape index (κ1) is 15.7. The van der Waals surface area contributed by atoms with E-state index in [0.29, 0.717) is 0 Å². The van der Waals surface area contributed by atoms with E-state index in [1.165, 1.54) is 12.1 Å². The van der Waals surface area contributed by atoms with Crippen LogP contribution in [0.25, 0.3) is 0 Å². The fourth-order valence-electron chi connectivity index (χ4n) is 1.61. The highest BCUT2D eigenvalue weighted by atomic mass is 35.7. The van der Waals surface area contributed by atoms with E-state index in [2.05, 4.69) is 0 Å². The molecule has 0 saturated heterocycles. The van der Waals surface area contributed by atoms with E-state index in [4.69, 9.17) is 22.3 Å². The van der Waals surface area contributed by atoms with Gasteiger partial charge in [-0.2, -0.15) is 0 Å². The maximum absolute atomic E-state index is 13.7. The van der Waals surface area contributed by atoms with Gasteiger partial charge in [-0.05, 0) is 12.1 Å². The van der Waals surface area contributed by atoms with Crippen LogP contribution >= 0.6 is 22.3 Å². The molecule has 0 radical (unpaired) electrons. The van der Waals surface area contributed by atoms with Gasteiger partial charge < -0.3 is 0 Å². The van der Waals surface area contributed by atoms with Crippen molar-refractivity contribution < 1.29 is 12.8 Å². The lowest BCUT2D eigenvalue weighted by molar-refractivity contribution is 0.586. The normalized spacial score (nSPS) is 11.6. The number of aromatic nitrogens is 2. The predicted molar refractivity (Wildman–Crippen MR) is 74.9 cm³/mol. The Balaban J connectivity index is 2.55. The Hall–Kier alpha value is -1.64. The van der Waals surface area contributed by atoms with E-state index in [9.17, 15) is 22.4 Å². The van der Waals surface area contributed by atoms with Crippen LogP contribution in [0.4, 0.5) is 4.39 Å². The summed E-state index contributed by atoms with van der Waals surface area (Å²) in [6.45, 7) is -0.294. The topological polar surface area (TPSA) is 89.0 Å². The minimum atomic E-state index is -4.33. The van der Waals surface area contributed by atoms with E-state index in [1.807, 2.05) is 0 Å². The van der Waals surface area contributed by atoms with E-state index in [-0.39, 0.29) is 17.1 Å². The van der Waals surface area contributed by atoms with Crippen LogP contribution in [0.1, 0.15) is 5.56 Å². The molecule has 112 valence electrons. The van der Waals surface area contributed by atoms with Gasteiger partial charge in [0.2, 0.25) is 0 Å². The van der Waals surface area contributed by atoms with Crippen LogP contribution < -0.4 is 11.2 Å². The number of benzene rings is 1. The molecule has 2 aromatic rings. The van der Waals surface area contributed by atoms with Crippen molar-refractivity contribution in [3.63, 3.8) is 0 Å². The van der Waals surface area contributed by atoms with Crippen LogP contribution in [0.5, 0.6) is 0 Å². The molecule has 1 aromatic heterocycles. The molecule has 0 aliphatic rings. The highest BCUT2D eigenvalue weighted by molar-refractivity contribution is 8.13. The maximum atomic E-state index is 13.7. The summed E-state index contributed by atoms with van der Waals surface area (Å²) in [5.74, 6) is -0.670. The predicted octanol–water partition coefficient (Wildman–Crippen LogP) is 1.30. The average molecular weight is 353 g/mol. The number of aromatic amines is 1. The van der Waals surface area contributed by atoms with Gasteiger partial charge in [0.1, 0.15) is 5.82 Å². The molecule has 21 heavy (non-hydrogen) atoms. The fraction of sp³-hybridized carbons (Fsp3) is 0.0909. The first-order valence-electron chi connectivity index (χ1n) is 5.41. The average Bonchev–Trinajstić information content (AvgIpc) is 2.33. The molecule has 0 fully saturated rings. The monoisotopic (exact) mass is 352 g/mol. The van der Waals surface area contributed by atoms with Crippen LogP contribution in [0.2, 0.25) is 5.02 Å². The Morgan fingerprint density at radius 2 is 1.95 bits per heavy atom. The number of hydrogen-bond acceptors (Lipinski definition) is 4. The Morgan fingerprint density at radius 1 is 1.29 bits per heavy atom. The van der Waals surface area contributed by atoms with Crippen molar-refractivity contribution in [1.82, 2.24) is 9.55 Å². The standard InChI is InChI=1S/C11H7Cl2FN2O4S/c12-7-2-1-6(8(14)3-7)4-16-5-9(21(13,19)20)10(17)15-11(16)18/h1-3,5H,4H2,(H,15,17,18). The zero-order chi connectivity index (χ0) is 15.8. The largest absolute Gasteiger partial charge is 0.328 e. The minimum Gasteiger partial charge on any atom is -0.295 e. The molecule has 0 aliphatic carbocycles. The molecule has 1 heterocycles. The van der Waals surface area contributed by atoms with Crippen LogP contribution in [0.3, 0.4) is 0 Å². The lowest BCUT2D eigenvalue weighted by atomic mass is 10.2. The smallest absolute Gasteiger partial charge is 0.295 e. The van der Waals surface area contributed by atoms with Gasteiger partial charge in [0.05, 0.1) is 6.54 Å². The van der Waals surface area contributed by atoms with Crippen molar-refractivity contribution in [2.24, 2.45) is 0 Å². The highest BCUT2D eigenvalue weighted by Gasteiger charge is 2.17. The number of rotatable bonds is 3. The van der Waals surface area contributed by atoms with Crippen molar-refractivity contribution in [2.45, 2.75) is 11.4 Å². The zero-order valence-electron chi connectivity index (χ0n) is 10.1. The molecule has 10 heteroatoms. The molecule has 2 rings (SSSR count). The van der Waals surface area contributed by atoms with Gasteiger partial charge in [-0.3, -0.25) is 14.3 Å². The van der Waals surface area contributed by atoms with E-state index >= 15 is 0 Å². The van der Waals surface area contributed by atoms with Gasteiger partial charge in [0.25, 0.3) is 14.6 Å². The Kier molecular flexibility index (Phi) is 4.22. The third-order valence-electron chi connectivity index (χ3n) is 2.60. The SMILES string of the molecule is O=c1[nH]c(=O)n(Cc2ccc(Cl)cc2F)cc1S(=O)(=O)Cl. The van der Waals surface area contributed by atoms with E-state index < -0.39 is 31.0 Å². The molecule has 0 spiro atoms. The number of nitrogens with zero attached hydrogens (tertiary/aromatic N) is 1. The molecule has 1 aromatic carbocycles. The summed E-state index contributed by atoms with van der Waals surface area (Å²) >= 11 is 5.60. The fourth-order valence-corrected chi connectivity index (χ4v) is 2.63. The van der Waals surface area contributed by atoms with Gasteiger partial charge in [-0.15, -0.1) is 0 Å². The quantitative estimate of drug-likeness (QED) is 0.843. The van der Waals surface area contributed by atoms with E-state index in [1.54, 1.807) is 4.98 Å². The second-order valence-corrected chi connectivity index (χ2v) is 7.02. The van der Waals surface area contributed by atoms with Crippen molar-refractivity contribution >= 4 is 31.3 Å². The molecule has 0 atom stereocenters. The zero-order valence-corrected chi connectivity index (χ0v) is 12.5. The van der Waals surface area contributed by atoms with Gasteiger partial charge in [0, 0.05) is 27.5 Å². The summed E-state index contributed by atoms with van der Waals surface area (Å²) in [5.41, 5.74) is -1.94. The van der Waals surface area contributed by atoms with Gasteiger partial charge >= 0.3 is 5.69 Å². The molecule has 6 nitrogen and oxygen atoms in total. The summed E-state index contributed by atoms with van der Waals surface area (Å²) in [5, 5.41) is 0.175. The second kappa shape index (κ2) is 5.63. The van der Waals surface area contributed by atoms with Crippen LogP contribution in [0, 0.1) is 5.82 Å². The molecule has 0 saturated carbocycles. The summed E-state index contributed by atoms with van der Waals surface area (Å²) in [6.07, 6.45) is 0.761. The number of nitrogens with one attached hydrogen (secondary N) is 1. The lowest BCUT2D eigenvalue weighted by Gasteiger charge is -2.07. The molecule has 0 bridgehead atoms. The molecule has 1 N–H and O–H groups in total. The molecule has 0 aliphatic heterocycles. The van der Waals surface area contributed by atoms with Crippen molar-refractivity contribution in [3.8, 4) is 0 Å². The Morgan fingerprint density at radius 3 is 2.52 bits per heavy atom. The van der Waals surface area contributed by atoms with Crippen LogP contribution in [-0.4, -0.2) is 18.0 Å². The molecule has 0 unspecified atom stereocenters. The van der Waals surface area contributed by atoms with E-state index in [0.717, 1.165) is 16.8 Å². The summed E-state index contributed by atoms with van der Waals surface area (Å²) in [6, 6.07) is 3.80. The Bertz CT molecular complexity index is 921. The molecular formula is C11H7Cl2FN2O4S. The van der Waals surface area contributed by atoms with Crippen molar-refractivity contribution in [2.75, 3.05) is 0 Å². The van der Waals surface area contributed by atoms with Crippen LogP contribution in [-0.2, 0) is 15.6 Å². The number of H-pyrrole nitrogens is 1. The second-order valence-electron chi connectivity index (χ2n) is 4.05. The summed E-state index contributed by atoms with van der Waals surface area (Å²) in [4.78, 5) is 24.0. The third-order valence-corrected chi connectivity index (χ3v) is 4.15. The number of halogens is 3. The first-order chi connectivity index (χ1) is 9.68. The minimum absolute atomic E-state index is 0.0893. The van der Waals surface area contributed by atoms with Crippen LogP contribution in [0.15, 0.2) is 38.9 Å². The molecule has 0 amide bonds. The first-order valence-corrected chi connectivity index (χ1v) is 8.09.